The fourth-order valence-electron chi connectivity index (χ4n) is 3.68. The highest BCUT2D eigenvalue weighted by molar-refractivity contribution is 7.99. The summed E-state index contributed by atoms with van der Waals surface area (Å²) in [5.41, 5.74) is 4.17. The molecule has 0 aliphatic carbocycles. The molecule has 0 aliphatic heterocycles. The van der Waals surface area contributed by atoms with E-state index in [2.05, 4.69) is 45.2 Å². The molecule has 1 heterocycles. The Bertz CT molecular complexity index is 1290. The number of nitrogens with zero attached hydrogens (tertiary/aromatic N) is 3. The first kappa shape index (κ1) is 25.3. The topological polar surface area (TPSA) is 59.8 Å². The number of nitrogens with one attached hydrogen (secondary N) is 1. The maximum absolute atomic E-state index is 12.3. The van der Waals surface area contributed by atoms with Gasteiger partial charge in [0, 0.05) is 40.0 Å². The van der Waals surface area contributed by atoms with Gasteiger partial charge in [-0.2, -0.15) is 0 Å². The van der Waals surface area contributed by atoms with Gasteiger partial charge >= 0.3 is 0 Å². The monoisotopic (exact) mass is 524 g/mol. The van der Waals surface area contributed by atoms with Crippen molar-refractivity contribution in [2.75, 3.05) is 12.3 Å². The quantitative estimate of drug-likeness (QED) is 0.183. The molecule has 0 saturated carbocycles. The maximum Gasteiger partial charge on any atom is 0.220 e. The minimum Gasteiger partial charge on any atom is -0.356 e. The van der Waals surface area contributed by atoms with Crippen LogP contribution in [0.25, 0.3) is 17.1 Å². The molecule has 0 saturated heterocycles. The van der Waals surface area contributed by atoms with Gasteiger partial charge in [-0.25, -0.2) is 0 Å². The molecule has 0 radical (unpaired) electrons. The Morgan fingerprint density at radius 2 is 1.83 bits per heavy atom. The highest BCUT2D eigenvalue weighted by Crippen LogP contribution is 2.28. The van der Waals surface area contributed by atoms with Gasteiger partial charge in [0.2, 0.25) is 5.91 Å². The van der Waals surface area contributed by atoms with Crippen LogP contribution in [0.1, 0.15) is 24.0 Å². The second-order valence-electron chi connectivity index (χ2n) is 8.13. The number of carbonyl (C=O) groups excluding carboxylic acids is 1. The molecule has 3 aromatic carbocycles. The molecular formula is C27H26Cl2N4OS. The van der Waals surface area contributed by atoms with E-state index in [9.17, 15) is 4.79 Å². The minimum atomic E-state index is 0.0285. The standard InChI is InChI=1S/C27H26Cl2N4OS/c1-19-7-5-10-23(17-19)33-26(21-8-3-2-4-9-21)31-32-27(33)35-16-6-11-25(34)30-15-14-20-12-13-22(28)18-24(20)29/h2-5,7-10,12-13,17-18H,6,11,14-16H2,1H3,(H,30,34). The Hall–Kier alpha value is -2.80. The number of carbonyl (C=O) groups is 1. The van der Waals surface area contributed by atoms with Crippen LogP contribution in [0, 0.1) is 6.92 Å². The van der Waals surface area contributed by atoms with Gasteiger partial charge in [0.25, 0.3) is 0 Å². The number of hydrogen-bond donors (Lipinski definition) is 1. The summed E-state index contributed by atoms with van der Waals surface area (Å²) in [6, 6.07) is 23.8. The molecule has 8 heteroatoms. The van der Waals surface area contributed by atoms with Crippen LogP contribution < -0.4 is 5.32 Å². The van der Waals surface area contributed by atoms with Gasteiger partial charge in [-0.05, 0) is 55.2 Å². The predicted octanol–water partition coefficient (Wildman–Crippen LogP) is 6.78. The second-order valence-corrected chi connectivity index (χ2v) is 10.0. The average molecular weight is 526 g/mol. The van der Waals surface area contributed by atoms with Crippen LogP contribution in [0.3, 0.4) is 0 Å². The Kier molecular flexibility index (Phi) is 8.85. The zero-order valence-electron chi connectivity index (χ0n) is 19.4. The molecule has 180 valence electrons. The first-order chi connectivity index (χ1) is 17.0. The summed E-state index contributed by atoms with van der Waals surface area (Å²) in [7, 11) is 0. The van der Waals surface area contributed by atoms with E-state index in [1.165, 1.54) is 5.56 Å². The summed E-state index contributed by atoms with van der Waals surface area (Å²) in [5, 5.41) is 14.0. The first-order valence-electron chi connectivity index (χ1n) is 11.4. The number of thioether (sulfide) groups is 1. The molecule has 4 aromatic rings. The van der Waals surface area contributed by atoms with Crippen molar-refractivity contribution in [3.05, 3.63) is 94.0 Å². The molecule has 0 bridgehead atoms. The first-order valence-corrected chi connectivity index (χ1v) is 13.2. The van der Waals surface area contributed by atoms with E-state index in [4.69, 9.17) is 23.2 Å². The van der Waals surface area contributed by atoms with E-state index in [0.717, 1.165) is 40.0 Å². The number of aromatic nitrogens is 3. The highest BCUT2D eigenvalue weighted by Gasteiger charge is 2.16. The van der Waals surface area contributed by atoms with Crippen molar-refractivity contribution in [2.24, 2.45) is 0 Å². The SMILES string of the molecule is Cc1cccc(-n2c(SCCCC(=O)NCCc3ccc(Cl)cc3Cl)nnc2-c2ccccc2)c1. The summed E-state index contributed by atoms with van der Waals surface area (Å²) in [5.74, 6) is 1.59. The molecule has 0 unspecified atom stereocenters. The second kappa shape index (κ2) is 12.2. The van der Waals surface area contributed by atoms with Crippen molar-refractivity contribution in [3.8, 4) is 17.1 Å². The molecule has 1 amide bonds. The van der Waals surface area contributed by atoms with Crippen molar-refractivity contribution in [1.29, 1.82) is 0 Å². The van der Waals surface area contributed by atoms with E-state index in [0.29, 0.717) is 29.4 Å². The van der Waals surface area contributed by atoms with Crippen molar-refractivity contribution in [2.45, 2.75) is 31.3 Å². The molecule has 0 spiro atoms. The molecule has 0 aliphatic rings. The molecule has 5 nitrogen and oxygen atoms in total. The summed E-state index contributed by atoms with van der Waals surface area (Å²) in [6.07, 6.45) is 1.85. The number of halogens is 2. The lowest BCUT2D eigenvalue weighted by atomic mass is 10.1. The van der Waals surface area contributed by atoms with Crippen LogP contribution in [0.5, 0.6) is 0 Å². The zero-order chi connectivity index (χ0) is 24.6. The number of benzene rings is 3. The summed E-state index contributed by atoms with van der Waals surface area (Å²) >= 11 is 13.7. The van der Waals surface area contributed by atoms with Gasteiger partial charge in [0.1, 0.15) is 0 Å². The van der Waals surface area contributed by atoms with E-state index in [1.54, 1.807) is 23.9 Å². The average Bonchev–Trinajstić information content (AvgIpc) is 3.28. The lowest BCUT2D eigenvalue weighted by molar-refractivity contribution is -0.121. The van der Waals surface area contributed by atoms with Crippen LogP contribution in [-0.2, 0) is 11.2 Å². The van der Waals surface area contributed by atoms with Crippen LogP contribution in [-0.4, -0.2) is 33.0 Å². The van der Waals surface area contributed by atoms with Gasteiger partial charge in [-0.15, -0.1) is 10.2 Å². The number of rotatable bonds is 10. The fourth-order valence-corrected chi connectivity index (χ4v) is 5.08. The van der Waals surface area contributed by atoms with Crippen LogP contribution in [0.15, 0.2) is 78.0 Å². The van der Waals surface area contributed by atoms with E-state index in [-0.39, 0.29) is 5.91 Å². The highest BCUT2D eigenvalue weighted by atomic mass is 35.5. The predicted molar refractivity (Wildman–Crippen MR) is 145 cm³/mol. The molecular weight excluding hydrogens is 499 g/mol. The number of amides is 1. The summed E-state index contributed by atoms with van der Waals surface area (Å²) in [4.78, 5) is 12.3. The van der Waals surface area contributed by atoms with E-state index in [1.807, 2.05) is 42.5 Å². The number of hydrogen-bond acceptors (Lipinski definition) is 4. The third-order valence-electron chi connectivity index (χ3n) is 5.44. The van der Waals surface area contributed by atoms with Crippen LogP contribution in [0.4, 0.5) is 0 Å². The molecule has 4 rings (SSSR count). The Morgan fingerprint density at radius 3 is 2.60 bits per heavy atom. The number of aryl methyl sites for hydroxylation is 1. The van der Waals surface area contributed by atoms with Gasteiger partial charge in [0.15, 0.2) is 11.0 Å². The minimum absolute atomic E-state index is 0.0285. The van der Waals surface area contributed by atoms with Crippen LogP contribution >= 0.6 is 35.0 Å². The Labute approximate surface area is 219 Å². The normalized spacial score (nSPS) is 10.9. The molecule has 0 atom stereocenters. The molecule has 35 heavy (non-hydrogen) atoms. The largest absolute Gasteiger partial charge is 0.356 e. The van der Waals surface area contributed by atoms with Crippen molar-refractivity contribution in [1.82, 2.24) is 20.1 Å². The van der Waals surface area contributed by atoms with Crippen molar-refractivity contribution >= 4 is 40.9 Å². The van der Waals surface area contributed by atoms with Crippen LogP contribution in [0.2, 0.25) is 10.0 Å². The van der Waals surface area contributed by atoms with Crippen molar-refractivity contribution in [3.63, 3.8) is 0 Å². The molecule has 1 aromatic heterocycles. The maximum atomic E-state index is 12.3. The Balaban J connectivity index is 1.33. The zero-order valence-corrected chi connectivity index (χ0v) is 21.7. The van der Waals surface area contributed by atoms with Crippen molar-refractivity contribution < 1.29 is 4.79 Å². The lowest BCUT2D eigenvalue weighted by Crippen LogP contribution is -2.25. The van der Waals surface area contributed by atoms with E-state index >= 15 is 0 Å². The third-order valence-corrected chi connectivity index (χ3v) is 7.04. The van der Waals surface area contributed by atoms with Gasteiger partial charge in [0.05, 0.1) is 0 Å². The fraction of sp³-hybridized carbons (Fsp3) is 0.222. The molecule has 1 N–H and O–H groups in total. The van der Waals surface area contributed by atoms with Gasteiger partial charge in [-0.3, -0.25) is 9.36 Å². The summed E-state index contributed by atoms with van der Waals surface area (Å²) < 4.78 is 2.09. The van der Waals surface area contributed by atoms with Gasteiger partial charge < -0.3 is 5.32 Å². The smallest absolute Gasteiger partial charge is 0.220 e. The van der Waals surface area contributed by atoms with Gasteiger partial charge in [-0.1, -0.05) is 83.5 Å². The third kappa shape index (κ3) is 6.88. The lowest BCUT2D eigenvalue weighted by Gasteiger charge is -2.11. The molecule has 0 fully saturated rings. The Morgan fingerprint density at radius 1 is 1.00 bits per heavy atom. The van der Waals surface area contributed by atoms with E-state index < -0.39 is 0 Å². The summed E-state index contributed by atoms with van der Waals surface area (Å²) in [6.45, 7) is 2.61.